The highest BCUT2D eigenvalue weighted by molar-refractivity contribution is 5.45. The fraction of sp³-hybridized carbons (Fsp3) is 0.571. The van der Waals surface area contributed by atoms with Crippen LogP contribution in [-0.2, 0) is 0 Å². The maximum Gasteiger partial charge on any atom is 0.231 e. The van der Waals surface area contributed by atoms with Crippen LogP contribution in [0.3, 0.4) is 0 Å². The molecule has 1 aliphatic rings. The molecular formula is C14H21NO2. The summed E-state index contributed by atoms with van der Waals surface area (Å²) in [5, 5.41) is 0. The molecule has 0 fully saturated rings. The third-order valence-corrected chi connectivity index (χ3v) is 3.70. The van der Waals surface area contributed by atoms with Crippen LogP contribution in [0.1, 0.15) is 38.2 Å². The second-order valence-corrected chi connectivity index (χ2v) is 4.53. The van der Waals surface area contributed by atoms with E-state index < -0.39 is 0 Å². The van der Waals surface area contributed by atoms with Crippen molar-refractivity contribution >= 4 is 0 Å². The van der Waals surface area contributed by atoms with Crippen molar-refractivity contribution in [3.05, 3.63) is 23.8 Å². The molecule has 1 unspecified atom stereocenters. The highest BCUT2D eigenvalue weighted by Gasteiger charge is 2.22. The molecule has 0 saturated heterocycles. The molecule has 3 heteroatoms. The summed E-state index contributed by atoms with van der Waals surface area (Å²) in [6, 6.07) is 6.18. The molecule has 0 spiro atoms. The van der Waals surface area contributed by atoms with E-state index >= 15 is 0 Å². The lowest BCUT2D eigenvalue weighted by atomic mass is 9.82. The Bertz CT molecular complexity index is 374. The minimum Gasteiger partial charge on any atom is -0.454 e. The number of hydrogen-bond acceptors (Lipinski definition) is 3. The zero-order valence-electron chi connectivity index (χ0n) is 10.6. The first-order chi connectivity index (χ1) is 8.30. The van der Waals surface area contributed by atoms with Crippen LogP contribution >= 0.6 is 0 Å². The molecule has 3 nitrogen and oxygen atoms in total. The number of rotatable bonds is 5. The van der Waals surface area contributed by atoms with Gasteiger partial charge in [-0.05, 0) is 36.1 Å². The third-order valence-electron chi connectivity index (χ3n) is 3.70. The average molecular weight is 235 g/mol. The van der Waals surface area contributed by atoms with Gasteiger partial charge in [-0.25, -0.2) is 0 Å². The Morgan fingerprint density at radius 1 is 1.18 bits per heavy atom. The largest absolute Gasteiger partial charge is 0.454 e. The van der Waals surface area contributed by atoms with Crippen molar-refractivity contribution in [2.45, 2.75) is 32.6 Å². The first-order valence-electron chi connectivity index (χ1n) is 6.39. The standard InChI is InChI=1S/C14H21NO2/c1-3-10(4-2)12(8-15)11-5-6-13-14(7-11)17-9-16-13/h5-7,10,12H,3-4,8-9,15H2,1-2H3. The molecule has 17 heavy (non-hydrogen) atoms. The molecule has 0 bridgehead atoms. The monoisotopic (exact) mass is 235 g/mol. The van der Waals surface area contributed by atoms with E-state index in [-0.39, 0.29) is 0 Å². The van der Waals surface area contributed by atoms with Crippen LogP contribution in [0, 0.1) is 5.92 Å². The highest BCUT2D eigenvalue weighted by atomic mass is 16.7. The molecule has 1 atom stereocenters. The van der Waals surface area contributed by atoms with Gasteiger partial charge in [0, 0.05) is 0 Å². The van der Waals surface area contributed by atoms with Gasteiger partial charge in [0.2, 0.25) is 6.79 Å². The SMILES string of the molecule is CCC(CC)C(CN)c1ccc2c(c1)OCO2. The first-order valence-corrected chi connectivity index (χ1v) is 6.39. The number of hydrogen-bond donors (Lipinski definition) is 1. The minimum atomic E-state index is 0.330. The lowest BCUT2D eigenvalue weighted by molar-refractivity contribution is 0.174. The lowest BCUT2D eigenvalue weighted by Gasteiger charge is -2.24. The predicted molar refractivity (Wildman–Crippen MR) is 68.4 cm³/mol. The number of fused-ring (bicyclic) bond motifs is 1. The molecule has 0 aromatic heterocycles. The Labute approximate surface area is 103 Å². The predicted octanol–water partition coefficient (Wildman–Crippen LogP) is 2.89. The van der Waals surface area contributed by atoms with E-state index in [4.69, 9.17) is 15.2 Å². The molecule has 94 valence electrons. The van der Waals surface area contributed by atoms with Gasteiger partial charge < -0.3 is 15.2 Å². The second kappa shape index (κ2) is 5.41. The zero-order valence-corrected chi connectivity index (χ0v) is 10.6. The molecule has 1 aromatic carbocycles. The van der Waals surface area contributed by atoms with Crippen molar-refractivity contribution in [1.82, 2.24) is 0 Å². The smallest absolute Gasteiger partial charge is 0.231 e. The molecule has 0 saturated carbocycles. The fourth-order valence-electron chi connectivity index (χ4n) is 2.60. The van der Waals surface area contributed by atoms with Crippen molar-refractivity contribution in [2.24, 2.45) is 11.7 Å². The van der Waals surface area contributed by atoms with E-state index in [0.29, 0.717) is 25.2 Å². The molecule has 2 rings (SSSR count). The zero-order chi connectivity index (χ0) is 12.3. The summed E-state index contributed by atoms with van der Waals surface area (Å²) in [6.45, 7) is 5.47. The van der Waals surface area contributed by atoms with Gasteiger partial charge in [-0.2, -0.15) is 0 Å². The summed E-state index contributed by atoms with van der Waals surface area (Å²) in [6.07, 6.45) is 2.32. The van der Waals surface area contributed by atoms with Crippen molar-refractivity contribution in [1.29, 1.82) is 0 Å². The van der Waals surface area contributed by atoms with Crippen molar-refractivity contribution in [3.8, 4) is 11.5 Å². The van der Waals surface area contributed by atoms with Crippen LogP contribution in [-0.4, -0.2) is 13.3 Å². The quantitative estimate of drug-likeness (QED) is 0.853. The van der Waals surface area contributed by atoms with E-state index in [9.17, 15) is 0 Å². The van der Waals surface area contributed by atoms with Crippen LogP contribution in [0.5, 0.6) is 11.5 Å². The van der Waals surface area contributed by atoms with Gasteiger partial charge in [0.05, 0.1) is 0 Å². The lowest BCUT2D eigenvalue weighted by Crippen LogP contribution is -2.20. The van der Waals surface area contributed by atoms with Crippen molar-refractivity contribution in [3.63, 3.8) is 0 Å². The van der Waals surface area contributed by atoms with E-state index in [1.807, 2.05) is 6.07 Å². The molecule has 1 heterocycles. The summed E-state index contributed by atoms with van der Waals surface area (Å²) in [5.74, 6) is 2.75. The molecule has 0 aliphatic carbocycles. The Morgan fingerprint density at radius 2 is 1.88 bits per heavy atom. The van der Waals surface area contributed by atoms with Gasteiger partial charge in [-0.15, -0.1) is 0 Å². The van der Waals surface area contributed by atoms with Crippen molar-refractivity contribution in [2.75, 3.05) is 13.3 Å². The Kier molecular flexibility index (Phi) is 3.89. The summed E-state index contributed by atoms with van der Waals surface area (Å²) in [4.78, 5) is 0. The summed E-state index contributed by atoms with van der Waals surface area (Å²) in [5.41, 5.74) is 7.20. The Balaban J connectivity index is 2.25. The van der Waals surface area contributed by atoms with E-state index in [0.717, 1.165) is 24.3 Å². The number of ether oxygens (including phenoxy) is 2. The molecule has 1 aliphatic heterocycles. The van der Waals surface area contributed by atoms with Gasteiger partial charge in [0.25, 0.3) is 0 Å². The van der Waals surface area contributed by atoms with Gasteiger partial charge in [0.1, 0.15) is 0 Å². The topological polar surface area (TPSA) is 44.5 Å². The number of benzene rings is 1. The highest BCUT2D eigenvalue weighted by Crippen LogP contribution is 2.37. The van der Waals surface area contributed by atoms with Gasteiger partial charge in [-0.1, -0.05) is 32.8 Å². The van der Waals surface area contributed by atoms with Gasteiger partial charge in [-0.3, -0.25) is 0 Å². The summed E-state index contributed by atoms with van der Waals surface area (Å²) in [7, 11) is 0. The third kappa shape index (κ3) is 2.39. The molecular weight excluding hydrogens is 214 g/mol. The van der Waals surface area contributed by atoms with Crippen LogP contribution in [0.4, 0.5) is 0 Å². The van der Waals surface area contributed by atoms with Crippen LogP contribution < -0.4 is 15.2 Å². The van der Waals surface area contributed by atoms with E-state index in [2.05, 4.69) is 26.0 Å². The Hall–Kier alpha value is -1.22. The average Bonchev–Trinajstić information content (AvgIpc) is 2.82. The van der Waals surface area contributed by atoms with Gasteiger partial charge >= 0.3 is 0 Å². The normalized spacial score (nSPS) is 15.3. The maximum atomic E-state index is 5.93. The fourth-order valence-corrected chi connectivity index (χ4v) is 2.60. The molecule has 0 radical (unpaired) electrons. The van der Waals surface area contributed by atoms with Gasteiger partial charge in [0.15, 0.2) is 11.5 Å². The molecule has 1 aromatic rings. The van der Waals surface area contributed by atoms with E-state index in [1.165, 1.54) is 5.56 Å². The summed E-state index contributed by atoms with van der Waals surface area (Å²) >= 11 is 0. The first kappa shape index (κ1) is 12.2. The molecule has 0 amide bonds. The van der Waals surface area contributed by atoms with Crippen molar-refractivity contribution < 1.29 is 9.47 Å². The maximum absolute atomic E-state index is 5.93. The van der Waals surface area contributed by atoms with Crippen LogP contribution in [0.15, 0.2) is 18.2 Å². The van der Waals surface area contributed by atoms with E-state index in [1.54, 1.807) is 0 Å². The Morgan fingerprint density at radius 3 is 2.53 bits per heavy atom. The number of nitrogens with two attached hydrogens (primary N) is 1. The van der Waals surface area contributed by atoms with Crippen LogP contribution in [0.25, 0.3) is 0 Å². The summed E-state index contributed by atoms with van der Waals surface area (Å²) < 4.78 is 10.7. The minimum absolute atomic E-state index is 0.330. The van der Waals surface area contributed by atoms with Crippen LogP contribution in [0.2, 0.25) is 0 Å². The molecule has 2 N–H and O–H groups in total. The second-order valence-electron chi connectivity index (χ2n) is 4.53.